The van der Waals surface area contributed by atoms with Crippen LogP contribution in [0.1, 0.15) is 24.5 Å². The van der Waals surface area contributed by atoms with E-state index in [1.165, 1.54) is 29.7 Å². The summed E-state index contributed by atoms with van der Waals surface area (Å²) in [7, 11) is 4.25. The minimum atomic E-state index is 0.592. The number of benzene rings is 1. The summed E-state index contributed by atoms with van der Waals surface area (Å²) in [6, 6.07) is 7.45. The van der Waals surface area contributed by atoms with Gasteiger partial charge < -0.3 is 15.5 Å². The third-order valence-corrected chi connectivity index (χ3v) is 3.65. The molecule has 1 unspecified atom stereocenters. The van der Waals surface area contributed by atoms with Gasteiger partial charge in [-0.3, -0.25) is 0 Å². The third-order valence-electron chi connectivity index (χ3n) is 3.65. The van der Waals surface area contributed by atoms with Crippen molar-refractivity contribution in [1.82, 2.24) is 10.2 Å². The van der Waals surface area contributed by atoms with Gasteiger partial charge in [0, 0.05) is 11.7 Å². The molecule has 1 aromatic carbocycles. The zero-order valence-corrected chi connectivity index (χ0v) is 12.5. The molecule has 0 fully saturated rings. The van der Waals surface area contributed by atoms with Gasteiger partial charge in [0.05, 0.1) is 0 Å². The van der Waals surface area contributed by atoms with Gasteiger partial charge in [0.2, 0.25) is 0 Å². The van der Waals surface area contributed by atoms with Gasteiger partial charge in [0.25, 0.3) is 0 Å². The van der Waals surface area contributed by atoms with Crippen LogP contribution in [0.4, 0.5) is 5.69 Å². The van der Waals surface area contributed by atoms with E-state index < -0.39 is 0 Å². The zero-order valence-electron chi connectivity index (χ0n) is 12.5. The minimum absolute atomic E-state index is 0.592. The van der Waals surface area contributed by atoms with Crippen molar-refractivity contribution in [2.75, 3.05) is 39.0 Å². The van der Waals surface area contributed by atoms with Gasteiger partial charge in [0.1, 0.15) is 0 Å². The average Bonchev–Trinajstić information content (AvgIpc) is 2.72. The number of hydrogen-bond acceptors (Lipinski definition) is 3. The molecule has 3 nitrogen and oxygen atoms in total. The second-order valence-electron chi connectivity index (χ2n) is 5.90. The SMILES string of the molecule is CC1Cc2cc(CCNCCCN(C)C)ccc2N1. The summed E-state index contributed by atoms with van der Waals surface area (Å²) in [6.45, 7) is 5.60. The van der Waals surface area contributed by atoms with Crippen molar-refractivity contribution in [2.24, 2.45) is 0 Å². The van der Waals surface area contributed by atoms with Crippen molar-refractivity contribution in [3.8, 4) is 0 Å². The van der Waals surface area contributed by atoms with Crippen molar-refractivity contribution in [3.63, 3.8) is 0 Å². The molecule has 1 aliphatic heterocycles. The number of rotatable bonds is 7. The molecule has 0 aromatic heterocycles. The van der Waals surface area contributed by atoms with E-state index in [1.807, 2.05) is 0 Å². The Morgan fingerprint density at radius 1 is 1.32 bits per heavy atom. The van der Waals surface area contributed by atoms with Gasteiger partial charge in [0.15, 0.2) is 0 Å². The molecule has 0 aliphatic carbocycles. The maximum absolute atomic E-state index is 3.52. The van der Waals surface area contributed by atoms with Crippen LogP contribution < -0.4 is 10.6 Å². The number of nitrogens with one attached hydrogen (secondary N) is 2. The van der Waals surface area contributed by atoms with Crippen LogP contribution in [0.3, 0.4) is 0 Å². The molecule has 3 heteroatoms. The van der Waals surface area contributed by atoms with Crippen molar-refractivity contribution in [1.29, 1.82) is 0 Å². The summed E-state index contributed by atoms with van der Waals surface area (Å²) < 4.78 is 0. The summed E-state index contributed by atoms with van der Waals surface area (Å²) in [5.74, 6) is 0. The van der Waals surface area contributed by atoms with Crippen molar-refractivity contribution in [3.05, 3.63) is 29.3 Å². The van der Waals surface area contributed by atoms with Gasteiger partial charge in [-0.2, -0.15) is 0 Å². The molecule has 0 bridgehead atoms. The monoisotopic (exact) mass is 261 g/mol. The van der Waals surface area contributed by atoms with Crippen LogP contribution in [-0.2, 0) is 12.8 Å². The van der Waals surface area contributed by atoms with E-state index in [9.17, 15) is 0 Å². The Kier molecular flexibility index (Phi) is 5.23. The highest BCUT2D eigenvalue weighted by Gasteiger charge is 2.16. The Bertz CT molecular complexity index is 401. The Morgan fingerprint density at radius 2 is 2.16 bits per heavy atom. The molecule has 1 heterocycles. The number of anilines is 1. The Hall–Kier alpha value is -1.06. The lowest BCUT2D eigenvalue weighted by Gasteiger charge is -2.10. The predicted octanol–water partition coefficient (Wildman–Crippen LogP) is 2.13. The van der Waals surface area contributed by atoms with E-state index >= 15 is 0 Å². The Labute approximate surface area is 117 Å². The van der Waals surface area contributed by atoms with E-state index in [0.29, 0.717) is 6.04 Å². The summed E-state index contributed by atoms with van der Waals surface area (Å²) >= 11 is 0. The summed E-state index contributed by atoms with van der Waals surface area (Å²) in [5.41, 5.74) is 4.27. The lowest BCUT2D eigenvalue weighted by molar-refractivity contribution is 0.395. The van der Waals surface area contributed by atoms with Crippen molar-refractivity contribution < 1.29 is 0 Å². The second-order valence-corrected chi connectivity index (χ2v) is 5.90. The van der Waals surface area contributed by atoms with Gasteiger partial charge in [-0.15, -0.1) is 0 Å². The summed E-state index contributed by atoms with van der Waals surface area (Å²) in [6.07, 6.45) is 3.52. The first-order valence-corrected chi connectivity index (χ1v) is 7.39. The van der Waals surface area contributed by atoms with Gasteiger partial charge in [-0.25, -0.2) is 0 Å². The molecule has 1 aromatic rings. The van der Waals surface area contributed by atoms with E-state index in [2.05, 4.69) is 54.8 Å². The first-order chi connectivity index (χ1) is 9.15. The summed E-state index contributed by atoms with van der Waals surface area (Å²) in [4.78, 5) is 2.23. The quantitative estimate of drug-likeness (QED) is 0.736. The minimum Gasteiger partial charge on any atom is -0.382 e. The highest BCUT2D eigenvalue weighted by atomic mass is 15.1. The molecule has 0 saturated heterocycles. The molecule has 2 N–H and O–H groups in total. The molecule has 106 valence electrons. The first kappa shape index (κ1) is 14.4. The van der Waals surface area contributed by atoms with Crippen LogP contribution in [0.2, 0.25) is 0 Å². The van der Waals surface area contributed by atoms with E-state index in [-0.39, 0.29) is 0 Å². The highest BCUT2D eigenvalue weighted by Crippen LogP contribution is 2.26. The molecule has 0 saturated carbocycles. The standard InChI is InChI=1S/C16H27N3/c1-13-11-15-12-14(5-6-16(15)18-13)7-9-17-8-4-10-19(2)3/h5-6,12-13,17-18H,4,7-11H2,1-3H3. The molecule has 0 spiro atoms. The van der Waals surface area contributed by atoms with Crippen molar-refractivity contribution in [2.45, 2.75) is 32.2 Å². The van der Waals surface area contributed by atoms with Crippen molar-refractivity contribution >= 4 is 5.69 Å². The third kappa shape index (κ3) is 4.51. The average molecular weight is 261 g/mol. The lowest BCUT2D eigenvalue weighted by Crippen LogP contribution is -2.23. The lowest BCUT2D eigenvalue weighted by atomic mass is 10.0. The van der Waals surface area contributed by atoms with Crippen LogP contribution in [0.15, 0.2) is 18.2 Å². The molecule has 19 heavy (non-hydrogen) atoms. The summed E-state index contributed by atoms with van der Waals surface area (Å²) in [5, 5.41) is 7.02. The van der Waals surface area contributed by atoms with E-state index in [4.69, 9.17) is 0 Å². The van der Waals surface area contributed by atoms with E-state index in [1.54, 1.807) is 0 Å². The maximum Gasteiger partial charge on any atom is 0.0375 e. The maximum atomic E-state index is 3.52. The van der Waals surface area contributed by atoms with Crippen LogP contribution in [0, 0.1) is 0 Å². The molecule has 2 rings (SSSR count). The fourth-order valence-corrected chi connectivity index (χ4v) is 2.64. The molecule has 0 amide bonds. The van der Waals surface area contributed by atoms with Gasteiger partial charge in [-0.05, 0) is 77.1 Å². The Balaban J connectivity index is 1.68. The Morgan fingerprint density at radius 3 is 2.95 bits per heavy atom. The largest absolute Gasteiger partial charge is 0.382 e. The smallest absolute Gasteiger partial charge is 0.0375 e. The van der Waals surface area contributed by atoms with Crippen LogP contribution in [0.5, 0.6) is 0 Å². The number of hydrogen-bond donors (Lipinski definition) is 2. The zero-order chi connectivity index (χ0) is 13.7. The molecule has 0 radical (unpaired) electrons. The predicted molar refractivity (Wildman–Crippen MR) is 83.0 cm³/mol. The molecular formula is C16H27N3. The first-order valence-electron chi connectivity index (χ1n) is 7.39. The second kappa shape index (κ2) is 6.92. The van der Waals surface area contributed by atoms with Crippen LogP contribution in [-0.4, -0.2) is 44.7 Å². The fraction of sp³-hybridized carbons (Fsp3) is 0.625. The van der Waals surface area contributed by atoms with Gasteiger partial charge >= 0.3 is 0 Å². The highest BCUT2D eigenvalue weighted by molar-refractivity contribution is 5.57. The number of nitrogens with zero attached hydrogens (tertiary/aromatic N) is 1. The molecule has 1 aliphatic rings. The normalized spacial score (nSPS) is 17.6. The van der Waals surface area contributed by atoms with E-state index in [0.717, 1.165) is 26.1 Å². The van der Waals surface area contributed by atoms with Crippen LogP contribution >= 0.6 is 0 Å². The number of fused-ring (bicyclic) bond motifs is 1. The topological polar surface area (TPSA) is 27.3 Å². The fourth-order valence-electron chi connectivity index (χ4n) is 2.64. The molecule has 1 atom stereocenters. The molecular weight excluding hydrogens is 234 g/mol. The van der Waals surface area contributed by atoms with Gasteiger partial charge in [-0.1, -0.05) is 12.1 Å². The van der Waals surface area contributed by atoms with Crippen LogP contribution in [0.25, 0.3) is 0 Å².